The first kappa shape index (κ1) is 12.4. The maximum Gasteiger partial charge on any atom is 1.00 e. The summed E-state index contributed by atoms with van der Waals surface area (Å²) in [6, 6.07) is 0. The largest absolute Gasteiger partial charge is 1.00 e. The smallest absolute Gasteiger partial charge is 0.448 e. The fraction of sp³-hybridized carbons (Fsp3) is 1.00. The fourth-order valence-electron chi connectivity index (χ4n) is 0.772. The Morgan fingerprint density at radius 1 is 1.18 bits per heavy atom. The van der Waals surface area contributed by atoms with Crippen LogP contribution in [-0.2, 0) is 0 Å². The van der Waals surface area contributed by atoms with E-state index in [2.05, 4.69) is 0 Å². The zero-order chi connectivity index (χ0) is 8.21. The molecule has 11 heavy (non-hydrogen) atoms. The molecule has 0 saturated heterocycles. The Hall–Kier alpha value is 1.35. The average Bonchev–Trinajstić information content (AvgIpc) is 2.05. The molecule has 0 aromatic carbocycles. The van der Waals surface area contributed by atoms with E-state index in [-0.39, 0.29) is 51.4 Å². The molecule has 0 bridgehead atoms. The summed E-state index contributed by atoms with van der Waals surface area (Å²) in [6.45, 7) is -4.82. The van der Waals surface area contributed by atoms with Crippen LogP contribution >= 0.6 is 0 Å². The Bertz CT molecular complexity index is 166. The number of halogens is 5. The minimum Gasteiger partial charge on any atom is -0.448 e. The van der Waals surface area contributed by atoms with E-state index in [0.29, 0.717) is 6.92 Å². The third-order valence-electron chi connectivity index (χ3n) is 2.02. The van der Waals surface area contributed by atoms with Crippen molar-refractivity contribution in [3.8, 4) is 0 Å². The second kappa shape index (κ2) is 2.94. The molecule has 0 heterocycles. The van der Waals surface area contributed by atoms with Crippen molar-refractivity contribution in [1.82, 2.24) is 0 Å². The molecule has 1 saturated carbocycles. The summed E-state index contributed by atoms with van der Waals surface area (Å²) in [5, 5.41) is -2.69. The third kappa shape index (κ3) is 1.82. The molecule has 1 atom stereocenters. The van der Waals surface area contributed by atoms with E-state index in [1.165, 1.54) is 0 Å². The molecule has 0 aromatic rings. The van der Waals surface area contributed by atoms with Gasteiger partial charge in [0.25, 0.3) is 0 Å². The van der Waals surface area contributed by atoms with Gasteiger partial charge >= 0.3 is 58.4 Å². The van der Waals surface area contributed by atoms with Gasteiger partial charge in [0, 0.05) is 5.31 Å². The van der Waals surface area contributed by atoms with Crippen LogP contribution in [0.25, 0.3) is 0 Å². The zero-order valence-electron chi connectivity index (χ0n) is 6.17. The monoisotopic (exact) mass is 198 g/mol. The fourth-order valence-corrected chi connectivity index (χ4v) is 0.772. The van der Waals surface area contributed by atoms with Crippen molar-refractivity contribution in [1.29, 1.82) is 0 Å². The first-order valence-electron chi connectivity index (χ1n) is 2.78. The Balaban J connectivity index is 0.000001000. The van der Waals surface area contributed by atoms with Gasteiger partial charge in [0.1, 0.15) is 0 Å². The van der Waals surface area contributed by atoms with Crippen LogP contribution < -0.4 is 51.4 Å². The maximum absolute atomic E-state index is 12.0. The van der Waals surface area contributed by atoms with Gasteiger partial charge in [-0.1, -0.05) is 6.92 Å². The Kier molecular flexibility index (Phi) is 3.30. The molecule has 60 valence electrons. The maximum atomic E-state index is 12.0. The van der Waals surface area contributed by atoms with Gasteiger partial charge in [-0.05, 0) is 6.42 Å². The van der Waals surface area contributed by atoms with E-state index in [0.717, 1.165) is 0 Å². The summed E-state index contributed by atoms with van der Waals surface area (Å²) < 4.78 is 59.1. The first-order valence-corrected chi connectivity index (χ1v) is 2.78. The van der Waals surface area contributed by atoms with Crippen molar-refractivity contribution in [3.05, 3.63) is 0 Å². The number of alkyl halides is 2. The van der Waals surface area contributed by atoms with Crippen LogP contribution in [0.4, 0.5) is 21.7 Å². The minimum absolute atomic E-state index is 0. The molecular weight excluding hydrogens is 193 g/mol. The van der Waals surface area contributed by atoms with Gasteiger partial charge in [-0.3, -0.25) is 0 Å². The molecule has 0 aliphatic heterocycles. The number of rotatable bonds is 1. The van der Waals surface area contributed by atoms with Crippen LogP contribution in [-0.4, -0.2) is 12.9 Å². The molecule has 0 aromatic heterocycles. The number of hydrogen-bond acceptors (Lipinski definition) is 0. The minimum atomic E-state index is -5.38. The van der Waals surface area contributed by atoms with Gasteiger partial charge in [-0.2, -0.15) is 0 Å². The predicted octanol–water partition coefficient (Wildman–Crippen LogP) is -0.363. The molecule has 0 N–H and O–H groups in total. The van der Waals surface area contributed by atoms with E-state index in [1.807, 2.05) is 0 Å². The predicted molar refractivity (Wildman–Crippen MR) is 27.0 cm³/mol. The SMILES string of the molecule is CC1([B-](F)(F)F)CC1(F)F.[K+]. The molecule has 0 amide bonds. The Morgan fingerprint density at radius 2 is 1.45 bits per heavy atom. The van der Waals surface area contributed by atoms with Gasteiger partial charge in [-0.25, -0.2) is 8.78 Å². The van der Waals surface area contributed by atoms with Crippen molar-refractivity contribution in [2.24, 2.45) is 0 Å². The third-order valence-corrected chi connectivity index (χ3v) is 2.02. The summed E-state index contributed by atoms with van der Waals surface area (Å²) >= 11 is 0. The Morgan fingerprint density at radius 3 is 1.45 bits per heavy atom. The molecule has 1 aliphatic rings. The normalized spacial score (nSPS) is 34.4. The standard InChI is InChI=1S/C4H5BF5.K/c1-3(5(8,9)10)2-4(3,6)7;/h2H2,1H3;/q-1;+1. The van der Waals surface area contributed by atoms with E-state index < -0.39 is 24.6 Å². The second-order valence-corrected chi connectivity index (χ2v) is 2.87. The molecule has 1 aliphatic carbocycles. The van der Waals surface area contributed by atoms with Crippen molar-refractivity contribution in [2.75, 3.05) is 0 Å². The molecule has 1 fully saturated rings. The van der Waals surface area contributed by atoms with Gasteiger partial charge < -0.3 is 12.9 Å². The van der Waals surface area contributed by atoms with Gasteiger partial charge in [0.05, 0.1) is 0 Å². The second-order valence-electron chi connectivity index (χ2n) is 2.87. The van der Waals surface area contributed by atoms with Crippen molar-refractivity contribution < 1.29 is 73.1 Å². The summed E-state index contributed by atoms with van der Waals surface area (Å²) in [6.07, 6.45) is -1.04. The summed E-state index contributed by atoms with van der Waals surface area (Å²) in [5.74, 6) is -3.51. The topological polar surface area (TPSA) is 0 Å². The summed E-state index contributed by atoms with van der Waals surface area (Å²) in [4.78, 5) is 0. The molecular formula is C4H5BF5K. The van der Waals surface area contributed by atoms with Crippen LogP contribution in [0.5, 0.6) is 0 Å². The van der Waals surface area contributed by atoms with Crippen LogP contribution in [0.2, 0.25) is 5.31 Å². The van der Waals surface area contributed by atoms with Crippen molar-refractivity contribution in [2.45, 2.75) is 24.6 Å². The van der Waals surface area contributed by atoms with Crippen LogP contribution in [0.3, 0.4) is 0 Å². The molecule has 7 heteroatoms. The van der Waals surface area contributed by atoms with E-state index in [9.17, 15) is 21.7 Å². The number of hydrogen-bond donors (Lipinski definition) is 0. The molecule has 0 spiro atoms. The van der Waals surface area contributed by atoms with Gasteiger partial charge in [0.2, 0.25) is 5.92 Å². The Labute approximate surface area is 103 Å². The molecule has 1 unspecified atom stereocenters. The van der Waals surface area contributed by atoms with Gasteiger partial charge in [0.15, 0.2) is 0 Å². The van der Waals surface area contributed by atoms with E-state index in [1.54, 1.807) is 0 Å². The van der Waals surface area contributed by atoms with E-state index in [4.69, 9.17) is 0 Å². The summed E-state index contributed by atoms with van der Waals surface area (Å²) in [5.41, 5.74) is 0. The van der Waals surface area contributed by atoms with Crippen molar-refractivity contribution in [3.63, 3.8) is 0 Å². The summed E-state index contributed by atoms with van der Waals surface area (Å²) in [7, 11) is 0. The quantitative estimate of drug-likeness (QED) is 0.398. The van der Waals surface area contributed by atoms with Gasteiger partial charge in [-0.15, -0.1) is 0 Å². The van der Waals surface area contributed by atoms with Crippen molar-refractivity contribution >= 4 is 6.98 Å². The first-order chi connectivity index (χ1) is 4.21. The average molecular weight is 198 g/mol. The van der Waals surface area contributed by atoms with E-state index >= 15 is 0 Å². The molecule has 0 radical (unpaired) electrons. The molecule has 1 rings (SSSR count). The van der Waals surface area contributed by atoms with Crippen LogP contribution in [0.1, 0.15) is 13.3 Å². The van der Waals surface area contributed by atoms with Crippen LogP contribution in [0, 0.1) is 0 Å². The zero-order valence-corrected chi connectivity index (χ0v) is 9.30. The van der Waals surface area contributed by atoms with Crippen LogP contribution in [0.15, 0.2) is 0 Å². The molecule has 0 nitrogen and oxygen atoms in total.